The predicted octanol–water partition coefficient (Wildman–Crippen LogP) is 3.98. The third kappa shape index (κ3) is 4.38. The van der Waals surface area contributed by atoms with Crippen molar-refractivity contribution in [3.8, 4) is 17.2 Å². The minimum Gasteiger partial charge on any atom is -0.490 e. The smallest absolute Gasteiger partial charge is 0.328 e. The Morgan fingerprint density at radius 3 is 2.38 bits per heavy atom. The monoisotopic (exact) mass is 284 g/mol. The highest BCUT2D eigenvalue weighted by Gasteiger charge is 2.04. The zero-order chi connectivity index (χ0) is 15.1. The summed E-state index contributed by atoms with van der Waals surface area (Å²) in [7, 11) is 0. The summed E-state index contributed by atoms with van der Waals surface area (Å²) in [6.45, 7) is 2.49. The van der Waals surface area contributed by atoms with E-state index in [-0.39, 0.29) is 0 Å². The van der Waals surface area contributed by atoms with Crippen molar-refractivity contribution < 1.29 is 19.4 Å². The maximum Gasteiger partial charge on any atom is 0.328 e. The summed E-state index contributed by atoms with van der Waals surface area (Å²) in [4.78, 5) is 10.5. The van der Waals surface area contributed by atoms with Gasteiger partial charge < -0.3 is 14.6 Å². The average Bonchev–Trinajstić information content (AvgIpc) is 2.49. The molecular weight excluding hydrogens is 268 g/mol. The molecule has 0 spiro atoms. The molecule has 0 heterocycles. The number of hydrogen-bond donors (Lipinski definition) is 1. The molecule has 0 aliphatic heterocycles. The van der Waals surface area contributed by atoms with Gasteiger partial charge in [0.1, 0.15) is 5.75 Å². The van der Waals surface area contributed by atoms with E-state index in [2.05, 4.69) is 0 Å². The summed E-state index contributed by atoms with van der Waals surface area (Å²) in [6, 6.07) is 14.6. The van der Waals surface area contributed by atoms with Gasteiger partial charge >= 0.3 is 5.97 Å². The molecule has 0 radical (unpaired) electrons. The van der Waals surface area contributed by atoms with Crippen LogP contribution in [0.25, 0.3) is 6.08 Å². The molecule has 2 rings (SSSR count). The van der Waals surface area contributed by atoms with Gasteiger partial charge in [0.25, 0.3) is 0 Å². The van der Waals surface area contributed by atoms with Gasteiger partial charge in [0.15, 0.2) is 11.5 Å². The largest absolute Gasteiger partial charge is 0.490 e. The molecule has 0 amide bonds. The number of carboxylic acids is 1. The predicted molar refractivity (Wildman–Crippen MR) is 80.8 cm³/mol. The summed E-state index contributed by atoms with van der Waals surface area (Å²) < 4.78 is 11.3. The van der Waals surface area contributed by atoms with E-state index >= 15 is 0 Å². The van der Waals surface area contributed by atoms with E-state index < -0.39 is 5.97 Å². The third-order valence-corrected chi connectivity index (χ3v) is 2.68. The van der Waals surface area contributed by atoms with Crippen molar-refractivity contribution in [3.05, 3.63) is 60.2 Å². The molecule has 0 saturated carbocycles. The van der Waals surface area contributed by atoms with Crippen LogP contribution in [0, 0.1) is 0 Å². The van der Waals surface area contributed by atoms with Crippen LogP contribution >= 0.6 is 0 Å². The first-order chi connectivity index (χ1) is 10.2. The molecule has 0 saturated heterocycles. The Balaban J connectivity index is 2.12. The van der Waals surface area contributed by atoms with Gasteiger partial charge in [0, 0.05) is 6.08 Å². The van der Waals surface area contributed by atoms with Gasteiger partial charge in [-0.15, -0.1) is 0 Å². The number of benzene rings is 2. The van der Waals surface area contributed by atoms with Crippen molar-refractivity contribution in [1.29, 1.82) is 0 Å². The van der Waals surface area contributed by atoms with Crippen molar-refractivity contribution in [1.82, 2.24) is 0 Å². The van der Waals surface area contributed by atoms with E-state index in [0.29, 0.717) is 23.9 Å². The quantitative estimate of drug-likeness (QED) is 0.815. The van der Waals surface area contributed by atoms with Gasteiger partial charge in [-0.1, -0.05) is 24.3 Å². The number of rotatable bonds is 6. The van der Waals surface area contributed by atoms with Gasteiger partial charge in [-0.2, -0.15) is 0 Å². The highest BCUT2D eigenvalue weighted by atomic mass is 16.5. The number of aliphatic carboxylic acids is 1. The molecule has 108 valence electrons. The van der Waals surface area contributed by atoms with Crippen LogP contribution in [0.5, 0.6) is 17.2 Å². The normalized spacial score (nSPS) is 10.5. The molecule has 0 aromatic heterocycles. The lowest BCUT2D eigenvalue weighted by Crippen LogP contribution is -1.94. The lowest BCUT2D eigenvalue weighted by Gasteiger charge is -2.11. The van der Waals surface area contributed by atoms with Crippen LogP contribution < -0.4 is 9.47 Å². The molecular formula is C17H16O4. The molecule has 2 aromatic rings. The van der Waals surface area contributed by atoms with Crippen LogP contribution in [0.15, 0.2) is 54.6 Å². The van der Waals surface area contributed by atoms with Gasteiger partial charge in [-0.25, -0.2) is 4.79 Å². The second-order valence-electron chi connectivity index (χ2n) is 4.22. The maximum atomic E-state index is 10.5. The Hall–Kier alpha value is -2.75. The summed E-state index contributed by atoms with van der Waals surface area (Å²) in [5.41, 5.74) is 0.794. The highest BCUT2D eigenvalue weighted by Crippen LogP contribution is 2.31. The van der Waals surface area contributed by atoms with E-state index in [1.165, 1.54) is 6.08 Å². The average molecular weight is 284 g/mol. The van der Waals surface area contributed by atoms with Gasteiger partial charge in [0.2, 0.25) is 0 Å². The zero-order valence-corrected chi connectivity index (χ0v) is 11.7. The first kappa shape index (κ1) is 14.7. The minimum absolute atomic E-state index is 0.569. The second-order valence-corrected chi connectivity index (χ2v) is 4.22. The van der Waals surface area contributed by atoms with Crippen molar-refractivity contribution in [3.63, 3.8) is 0 Å². The highest BCUT2D eigenvalue weighted by molar-refractivity contribution is 5.85. The Morgan fingerprint density at radius 2 is 1.76 bits per heavy atom. The van der Waals surface area contributed by atoms with Crippen LogP contribution in [0.1, 0.15) is 12.5 Å². The zero-order valence-electron chi connectivity index (χ0n) is 11.7. The van der Waals surface area contributed by atoms with Gasteiger partial charge in [-0.05, 0) is 42.8 Å². The molecule has 4 nitrogen and oxygen atoms in total. The van der Waals surface area contributed by atoms with Crippen molar-refractivity contribution in [2.45, 2.75) is 6.92 Å². The Bertz CT molecular complexity index is 629. The lowest BCUT2D eigenvalue weighted by molar-refractivity contribution is -0.131. The summed E-state index contributed by atoms with van der Waals surface area (Å²) in [6.07, 6.45) is 2.63. The van der Waals surface area contributed by atoms with Crippen molar-refractivity contribution >= 4 is 12.0 Å². The van der Waals surface area contributed by atoms with Gasteiger partial charge in [0.05, 0.1) is 6.61 Å². The Kier molecular flexibility index (Phi) is 4.99. The molecule has 21 heavy (non-hydrogen) atoms. The molecule has 4 heteroatoms. The lowest BCUT2D eigenvalue weighted by atomic mass is 10.2. The Morgan fingerprint density at radius 1 is 1.10 bits per heavy atom. The SMILES string of the molecule is CCOc1ccccc1Oc1ccc(/C=C/C(=O)O)cc1. The van der Waals surface area contributed by atoms with E-state index in [9.17, 15) is 4.79 Å². The van der Waals surface area contributed by atoms with Crippen LogP contribution in [0.4, 0.5) is 0 Å². The fourth-order valence-electron chi connectivity index (χ4n) is 1.75. The summed E-state index contributed by atoms with van der Waals surface area (Å²) >= 11 is 0. The molecule has 0 aliphatic carbocycles. The molecule has 0 bridgehead atoms. The fourth-order valence-corrected chi connectivity index (χ4v) is 1.75. The molecule has 0 unspecified atom stereocenters. The molecule has 0 fully saturated rings. The number of hydrogen-bond acceptors (Lipinski definition) is 3. The van der Waals surface area contributed by atoms with E-state index in [1.807, 2.05) is 31.2 Å². The van der Waals surface area contributed by atoms with E-state index in [1.54, 1.807) is 24.3 Å². The number of carboxylic acid groups (broad SMARTS) is 1. The number of para-hydroxylation sites is 2. The number of carbonyl (C=O) groups is 1. The summed E-state index contributed by atoms with van der Waals surface area (Å²) in [5, 5.41) is 8.58. The Labute approximate surface area is 123 Å². The molecule has 0 atom stereocenters. The van der Waals surface area contributed by atoms with E-state index in [0.717, 1.165) is 11.6 Å². The fraction of sp³-hybridized carbons (Fsp3) is 0.118. The number of ether oxygens (including phenoxy) is 2. The topological polar surface area (TPSA) is 55.8 Å². The molecule has 0 aliphatic rings. The van der Waals surface area contributed by atoms with Crippen LogP contribution in [-0.2, 0) is 4.79 Å². The van der Waals surface area contributed by atoms with Crippen molar-refractivity contribution in [2.24, 2.45) is 0 Å². The maximum absolute atomic E-state index is 10.5. The third-order valence-electron chi connectivity index (χ3n) is 2.68. The molecule has 1 N–H and O–H groups in total. The second kappa shape index (κ2) is 7.14. The van der Waals surface area contributed by atoms with Crippen LogP contribution in [0.2, 0.25) is 0 Å². The van der Waals surface area contributed by atoms with Crippen LogP contribution in [-0.4, -0.2) is 17.7 Å². The standard InChI is InChI=1S/C17H16O4/c1-2-20-15-5-3-4-6-16(15)21-14-10-7-13(8-11-14)9-12-17(18)19/h3-12H,2H2,1H3,(H,18,19)/b12-9+. The summed E-state index contributed by atoms with van der Waals surface area (Å²) in [5.74, 6) is 1.03. The van der Waals surface area contributed by atoms with Crippen molar-refractivity contribution in [2.75, 3.05) is 6.61 Å². The minimum atomic E-state index is -0.971. The molecule has 2 aromatic carbocycles. The van der Waals surface area contributed by atoms with E-state index in [4.69, 9.17) is 14.6 Å². The first-order valence-electron chi connectivity index (χ1n) is 6.60. The van der Waals surface area contributed by atoms with Crippen LogP contribution in [0.3, 0.4) is 0 Å². The first-order valence-corrected chi connectivity index (χ1v) is 6.60. The van der Waals surface area contributed by atoms with Gasteiger partial charge in [-0.3, -0.25) is 0 Å².